The summed E-state index contributed by atoms with van der Waals surface area (Å²) in [5.74, 6) is 5.95. The highest BCUT2D eigenvalue weighted by molar-refractivity contribution is 9.10. The van der Waals surface area contributed by atoms with Crippen LogP contribution in [0.1, 0.15) is 56.6 Å². The van der Waals surface area contributed by atoms with E-state index < -0.39 is 0 Å². The number of halogens is 2. The number of benzene rings is 1. The third-order valence-electron chi connectivity index (χ3n) is 4.12. The molecule has 2 nitrogen and oxygen atoms in total. The molecule has 1 unspecified atom stereocenters. The normalized spacial score (nSPS) is 19.7. The Morgan fingerprint density at radius 3 is 2.42 bits per heavy atom. The van der Waals surface area contributed by atoms with Crippen molar-refractivity contribution in [1.82, 2.24) is 5.43 Å². The molecule has 0 bridgehead atoms. The van der Waals surface area contributed by atoms with Crippen molar-refractivity contribution in [3.8, 4) is 0 Å². The monoisotopic (exact) mass is 328 g/mol. The minimum atomic E-state index is -0.187. The summed E-state index contributed by atoms with van der Waals surface area (Å²) in [5.41, 5.74) is 3.53. The van der Waals surface area contributed by atoms with E-state index in [1.807, 2.05) is 12.1 Å². The quantitative estimate of drug-likeness (QED) is 0.635. The summed E-state index contributed by atoms with van der Waals surface area (Å²) in [6.07, 6.45) is 8.60. The highest BCUT2D eigenvalue weighted by atomic mass is 79.9. The van der Waals surface area contributed by atoms with Crippen LogP contribution in [-0.4, -0.2) is 0 Å². The van der Waals surface area contributed by atoms with Gasteiger partial charge in [0.15, 0.2) is 0 Å². The second-order valence-electron chi connectivity index (χ2n) is 5.39. The molecule has 1 aromatic carbocycles. The molecule has 0 spiro atoms. The molecule has 0 saturated heterocycles. The fourth-order valence-electron chi connectivity index (χ4n) is 3.06. The van der Waals surface area contributed by atoms with Crippen LogP contribution in [0.3, 0.4) is 0 Å². The highest BCUT2D eigenvalue weighted by Crippen LogP contribution is 2.34. The molecule has 1 aromatic rings. The molecule has 1 aliphatic rings. The lowest BCUT2D eigenvalue weighted by Crippen LogP contribution is -2.34. The van der Waals surface area contributed by atoms with Crippen molar-refractivity contribution in [3.05, 3.63) is 34.1 Å². The van der Waals surface area contributed by atoms with Gasteiger partial charge in [0.05, 0.1) is 10.5 Å². The van der Waals surface area contributed by atoms with Crippen molar-refractivity contribution in [2.75, 3.05) is 0 Å². The Morgan fingerprint density at radius 2 is 1.79 bits per heavy atom. The Morgan fingerprint density at radius 1 is 1.16 bits per heavy atom. The fraction of sp³-hybridized carbons (Fsp3) is 0.600. The lowest BCUT2D eigenvalue weighted by Gasteiger charge is -2.29. The molecule has 0 radical (unpaired) electrons. The van der Waals surface area contributed by atoms with E-state index in [2.05, 4.69) is 21.4 Å². The summed E-state index contributed by atoms with van der Waals surface area (Å²) < 4.78 is 14.7. The van der Waals surface area contributed by atoms with Gasteiger partial charge in [-0.3, -0.25) is 11.3 Å². The van der Waals surface area contributed by atoms with Gasteiger partial charge in [0.1, 0.15) is 5.82 Å². The van der Waals surface area contributed by atoms with Gasteiger partial charge in [-0.25, -0.2) is 4.39 Å². The molecule has 4 heteroatoms. The lowest BCUT2D eigenvalue weighted by atomic mass is 9.83. The first-order chi connectivity index (χ1) is 9.24. The van der Waals surface area contributed by atoms with Crippen molar-refractivity contribution in [2.24, 2.45) is 11.8 Å². The van der Waals surface area contributed by atoms with Crippen molar-refractivity contribution in [3.63, 3.8) is 0 Å². The summed E-state index contributed by atoms with van der Waals surface area (Å²) in [4.78, 5) is 0. The van der Waals surface area contributed by atoms with E-state index in [1.54, 1.807) is 6.07 Å². The van der Waals surface area contributed by atoms with Gasteiger partial charge in [0, 0.05) is 5.56 Å². The highest BCUT2D eigenvalue weighted by Gasteiger charge is 2.25. The van der Waals surface area contributed by atoms with Gasteiger partial charge in [-0.2, -0.15) is 0 Å². The number of nitrogens with two attached hydrogens (primary N) is 1. The molecule has 0 aromatic heterocycles. The molecule has 1 fully saturated rings. The fourth-order valence-corrected chi connectivity index (χ4v) is 3.44. The molecule has 2 rings (SSSR count). The van der Waals surface area contributed by atoms with Crippen LogP contribution in [0.15, 0.2) is 22.7 Å². The SMILES string of the molecule is NNC(c1cccc(Br)c1F)C1CCCCCCC1. The zero-order valence-corrected chi connectivity index (χ0v) is 12.8. The van der Waals surface area contributed by atoms with Crippen LogP contribution < -0.4 is 11.3 Å². The van der Waals surface area contributed by atoms with E-state index in [1.165, 1.54) is 32.1 Å². The van der Waals surface area contributed by atoms with Crippen molar-refractivity contribution < 1.29 is 4.39 Å². The molecule has 0 heterocycles. The Kier molecular flexibility index (Phi) is 5.79. The van der Waals surface area contributed by atoms with E-state index in [4.69, 9.17) is 5.84 Å². The van der Waals surface area contributed by atoms with E-state index in [-0.39, 0.29) is 11.9 Å². The molecule has 19 heavy (non-hydrogen) atoms. The standard InChI is InChI=1S/C15H22BrFN2/c16-13-10-6-9-12(14(13)17)15(19-18)11-7-4-2-1-3-5-8-11/h6,9-11,15,19H,1-5,7-8,18H2. The summed E-state index contributed by atoms with van der Waals surface area (Å²) in [5, 5.41) is 0. The molecule has 0 aliphatic heterocycles. The number of rotatable bonds is 3. The molecular formula is C15H22BrFN2. The van der Waals surface area contributed by atoms with Crippen molar-refractivity contribution >= 4 is 15.9 Å². The maximum absolute atomic E-state index is 14.2. The van der Waals surface area contributed by atoms with Gasteiger partial charge in [-0.1, -0.05) is 44.2 Å². The number of hydrogen-bond donors (Lipinski definition) is 2. The van der Waals surface area contributed by atoms with Crippen LogP contribution in [0.2, 0.25) is 0 Å². The average Bonchev–Trinajstić information content (AvgIpc) is 2.37. The van der Waals surface area contributed by atoms with Gasteiger partial charge in [0.25, 0.3) is 0 Å². The van der Waals surface area contributed by atoms with Crippen molar-refractivity contribution in [1.29, 1.82) is 0 Å². The van der Waals surface area contributed by atoms with Gasteiger partial charge < -0.3 is 0 Å². The summed E-state index contributed by atoms with van der Waals surface area (Å²) in [7, 11) is 0. The van der Waals surface area contributed by atoms with E-state index >= 15 is 0 Å². The molecule has 106 valence electrons. The molecule has 1 aliphatic carbocycles. The topological polar surface area (TPSA) is 38.0 Å². The first-order valence-electron chi connectivity index (χ1n) is 7.14. The first-order valence-corrected chi connectivity index (χ1v) is 7.93. The molecule has 1 atom stereocenters. The predicted molar refractivity (Wildman–Crippen MR) is 80.0 cm³/mol. The van der Waals surface area contributed by atoms with Crippen LogP contribution >= 0.6 is 15.9 Å². The predicted octanol–water partition coefficient (Wildman–Crippen LogP) is 4.45. The maximum atomic E-state index is 14.2. The summed E-state index contributed by atoms with van der Waals surface area (Å²) in [6, 6.07) is 5.35. The first kappa shape index (κ1) is 14.9. The smallest absolute Gasteiger partial charge is 0.142 e. The molecule has 1 saturated carbocycles. The Bertz CT molecular complexity index is 403. The Labute approximate surface area is 123 Å². The van der Waals surface area contributed by atoms with Crippen LogP contribution in [0.4, 0.5) is 4.39 Å². The third kappa shape index (κ3) is 3.77. The lowest BCUT2D eigenvalue weighted by molar-refractivity contribution is 0.285. The molecule has 3 N–H and O–H groups in total. The average molecular weight is 329 g/mol. The van der Waals surface area contributed by atoms with Gasteiger partial charge in [-0.15, -0.1) is 0 Å². The van der Waals surface area contributed by atoms with E-state index in [0.717, 1.165) is 12.8 Å². The van der Waals surface area contributed by atoms with Gasteiger partial charge in [-0.05, 0) is 40.8 Å². The van der Waals surface area contributed by atoms with Crippen molar-refractivity contribution in [2.45, 2.75) is 51.0 Å². The Balaban J connectivity index is 2.19. The minimum absolute atomic E-state index is 0.0874. The molecular weight excluding hydrogens is 307 g/mol. The Hall–Kier alpha value is -0.450. The van der Waals surface area contributed by atoms with Gasteiger partial charge >= 0.3 is 0 Å². The van der Waals surface area contributed by atoms with Crippen LogP contribution in [0, 0.1) is 11.7 Å². The van der Waals surface area contributed by atoms with Crippen LogP contribution in [0.25, 0.3) is 0 Å². The second kappa shape index (κ2) is 7.36. The van der Waals surface area contributed by atoms with Crippen LogP contribution in [-0.2, 0) is 0 Å². The number of hydrazine groups is 1. The molecule has 0 amide bonds. The zero-order valence-electron chi connectivity index (χ0n) is 11.2. The van der Waals surface area contributed by atoms with E-state index in [0.29, 0.717) is 16.0 Å². The largest absolute Gasteiger partial charge is 0.271 e. The second-order valence-corrected chi connectivity index (χ2v) is 6.25. The zero-order chi connectivity index (χ0) is 13.7. The summed E-state index contributed by atoms with van der Waals surface area (Å²) in [6.45, 7) is 0. The van der Waals surface area contributed by atoms with Crippen LogP contribution in [0.5, 0.6) is 0 Å². The van der Waals surface area contributed by atoms with Gasteiger partial charge in [0.2, 0.25) is 0 Å². The maximum Gasteiger partial charge on any atom is 0.142 e. The minimum Gasteiger partial charge on any atom is -0.271 e. The third-order valence-corrected chi connectivity index (χ3v) is 4.73. The number of hydrogen-bond acceptors (Lipinski definition) is 2. The number of nitrogens with one attached hydrogen (secondary N) is 1. The summed E-state index contributed by atoms with van der Waals surface area (Å²) >= 11 is 3.25. The van der Waals surface area contributed by atoms with E-state index in [9.17, 15) is 4.39 Å².